The largest absolute Gasteiger partial charge is 0.478 e. The van der Waals surface area contributed by atoms with Crippen LogP contribution in [0.2, 0.25) is 0 Å². The predicted molar refractivity (Wildman–Crippen MR) is 84.9 cm³/mol. The maximum Gasteiger partial charge on any atom is 0.328 e. The molecular formula is C17H18O2S. The van der Waals surface area contributed by atoms with E-state index in [1.54, 1.807) is 6.92 Å². The SMILES string of the molecule is CC(C=CC1=CC(C)(C)Sc2ccccc21)=CC(=O)O. The average molecular weight is 286 g/mol. The first kappa shape index (κ1) is 14.7. The van der Waals surface area contributed by atoms with Crippen molar-refractivity contribution in [2.24, 2.45) is 0 Å². The van der Waals surface area contributed by atoms with Crippen molar-refractivity contribution in [3.05, 3.63) is 59.7 Å². The lowest BCUT2D eigenvalue weighted by Crippen LogP contribution is -2.15. The number of fused-ring (bicyclic) bond motifs is 1. The fourth-order valence-electron chi connectivity index (χ4n) is 2.16. The molecule has 0 saturated heterocycles. The Kier molecular flexibility index (Phi) is 4.19. The van der Waals surface area contributed by atoms with Gasteiger partial charge >= 0.3 is 5.97 Å². The predicted octanol–water partition coefficient (Wildman–Crippen LogP) is 4.54. The fourth-order valence-corrected chi connectivity index (χ4v) is 3.36. The number of carboxylic acid groups (broad SMARTS) is 1. The molecular weight excluding hydrogens is 268 g/mol. The molecule has 0 saturated carbocycles. The van der Waals surface area contributed by atoms with Crippen LogP contribution in [-0.4, -0.2) is 15.8 Å². The van der Waals surface area contributed by atoms with Crippen LogP contribution in [0.4, 0.5) is 0 Å². The molecule has 1 aromatic carbocycles. The summed E-state index contributed by atoms with van der Waals surface area (Å²) in [6, 6.07) is 8.30. The van der Waals surface area contributed by atoms with Gasteiger partial charge in [-0.05, 0) is 43.5 Å². The van der Waals surface area contributed by atoms with E-state index >= 15 is 0 Å². The molecule has 20 heavy (non-hydrogen) atoms. The van der Waals surface area contributed by atoms with Crippen LogP contribution in [0, 0.1) is 0 Å². The Hall–Kier alpha value is -1.74. The monoisotopic (exact) mass is 286 g/mol. The molecule has 0 spiro atoms. The number of allylic oxidation sites excluding steroid dienone is 4. The van der Waals surface area contributed by atoms with E-state index in [1.165, 1.54) is 16.5 Å². The second-order valence-corrected chi connectivity index (χ2v) is 7.06. The summed E-state index contributed by atoms with van der Waals surface area (Å²) in [4.78, 5) is 11.9. The highest BCUT2D eigenvalue weighted by molar-refractivity contribution is 8.01. The van der Waals surface area contributed by atoms with Crippen molar-refractivity contribution in [3.63, 3.8) is 0 Å². The summed E-state index contributed by atoms with van der Waals surface area (Å²) < 4.78 is 0.0401. The van der Waals surface area contributed by atoms with Crippen LogP contribution in [0.5, 0.6) is 0 Å². The van der Waals surface area contributed by atoms with Crippen LogP contribution in [-0.2, 0) is 4.79 Å². The topological polar surface area (TPSA) is 37.3 Å². The van der Waals surface area contributed by atoms with Crippen molar-refractivity contribution < 1.29 is 9.90 Å². The van der Waals surface area contributed by atoms with E-state index in [0.717, 1.165) is 11.1 Å². The third-order valence-electron chi connectivity index (χ3n) is 2.95. The number of benzene rings is 1. The lowest BCUT2D eigenvalue weighted by atomic mass is 9.99. The lowest BCUT2D eigenvalue weighted by Gasteiger charge is -2.28. The summed E-state index contributed by atoms with van der Waals surface area (Å²) in [6.45, 7) is 6.16. The number of carbonyl (C=O) groups is 1. The molecule has 0 fully saturated rings. The van der Waals surface area contributed by atoms with Crippen LogP contribution >= 0.6 is 11.8 Å². The molecule has 1 N–H and O–H groups in total. The highest BCUT2D eigenvalue weighted by atomic mass is 32.2. The van der Waals surface area contributed by atoms with Gasteiger partial charge in [0, 0.05) is 15.7 Å². The zero-order chi connectivity index (χ0) is 14.8. The summed E-state index contributed by atoms with van der Waals surface area (Å²) in [5, 5.41) is 8.73. The van der Waals surface area contributed by atoms with Gasteiger partial charge in [0.05, 0.1) is 0 Å². The molecule has 2 nitrogen and oxygen atoms in total. The molecule has 0 amide bonds. The van der Waals surface area contributed by atoms with E-state index in [4.69, 9.17) is 5.11 Å². The van der Waals surface area contributed by atoms with Crippen LogP contribution in [0.1, 0.15) is 26.3 Å². The van der Waals surface area contributed by atoms with E-state index in [-0.39, 0.29) is 4.75 Å². The Labute approximate surface area is 123 Å². The van der Waals surface area contributed by atoms with Gasteiger partial charge in [-0.25, -0.2) is 4.79 Å². The average Bonchev–Trinajstić information content (AvgIpc) is 2.33. The first-order valence-electron chi connectivity index (χ1n) is 6.48. The maximum absolute atomic E-state index is 10.6. The summed E-state index contributed by atoms with van der Waals surface area (Å²) in [5.41, 5.74) is 3.07. The first-order chi connectivity index (χ1) is 9.37. The molecule has 0 aliphatic carbocycles. The lowest BCUT2D eigenvalue weighted by molar-refractivity contribution is -0.131. The van der Waals surface area contributed by atoms with Gasteiger partial charge in [-0.1, -0.05) is 36.4 Å². The van der Waals surface area contributed by atoms with Gasteiger partial charge in [0.25, 0.3) is 0 Å². The van der Waals surface area contributed by atoms with E-state index in [2.05, 4.69) is 32.1 Å². The minimum absolute atomic E-state index is 0.0401. The summed E-state index contributed by atoms with van der Waals surface area (Å²) in [7, 11) is 0. The highest BCUT2D eigenvalue weighted by Crippen LogP contribution is 2.44. The number of thioether (sulfide) groups is 1. The smallest absolute Gasteiger partial charge is 0.328 e. The Morgan fingerprint density at radius 1 is 1.30 bits per heavy atom. The molecule has 0 aromatic heterocycles. The van der Waals surface area contributed by atoms with Crippen molar-refractivity contribution in [2.45, 2.75) is 30.4 Å². The maximum atomic E-state index is 10.6. The quantitative estimate of drug-likeness (QED) is 0.654. The Bertz CT molecular complexity index is 622. The van der Waals surface area contributed by atoms with Gasteiger partial charge in [0.15, 0.2) is 0 Å². The first-order valence-corrected chi connectivity index (χ1v) is 7.30. The molecule has 104 valence electrons. The van der Waals surface area contributed by atoms with Crippen molar-refractivity contribution in [1.29, 1.82) is 0 Å². The number of carboxylic acids is 1. The van der Waals surface area contributed by atoms with E-state index in [1.807, 2.05) is 36.0 Å². The van der Waals surface area contributed by atoms with Gasteiger partial charge in [-0.15, -0.1) is 11.8 Å². The molecule has 1 aliphatic rings. The summed E-state index contributed by atoms with van der Waals surface area (Å²) in [6.07, 6.45) is 7.29. The highest BCUT2D eigenvalue weighted by Gasteiger charge is 2.24. The second kappa shape index (κ2) is 5.71. The van der Waals surface area contributed by atoms with Gasteiger partial charge in [-0.2, -0.15) is 0 Å². The number of hydrogen-bond donors (Lipinski definition) is 1. The molecule has 1 heterocycles. The van der Waals surface area contributed by atoms with Gasteiger partial charge < -0.3 is 5.11 Å². The number of hydrogen-bond acceptors (Lipinski definition) is 2. The molecule has 0 atom stereocenters. The normalized spacial score (nSPS) is 17.8. The van der Waals surface area contributed by atoms with Crippen LogP contribution in [0.25, 0.3) is 5.57 Å². The molecule has 1 aromatic rings. The molecule has 3 heteroatoms. The van der Waals surface area contributed by atoms with Crippen LogP contribution in [0.15, 0.2) is 59.0 Å². The Morgan fingerprint density at radius 2 is 2.00 bits per heavy atom. The third kappa shape index (κ3) is 3.64. The second-order valence-electron chi connectivity index (χ2n) is 5.36. The van der Waals surface area contributed by atoms with E-state index in [0.29, 0.717) is 0 Å². The summed E-state index contributed by atoms with van der Waals surface area (Å²) >= 11 is 1.84. The van der Waals surface area contributed by atoms with Crippen molar-refractivity contribution >= 4 is 23.3 Å². The molecule has 0 radical (unpaired) electrons. The van der Waals surface area contributed by atoms with Crippen molar-refractivity contribution in [2.75, 3.05) is 0 Å². The fraction of sp³-hybridized carbons (Fsp3) is 0.235. The minimum Gasteiger partial charge on any atom is -0.478 e. The third-order valence-corrected chi connectivity index (χ3v) is 4.17. The van der Waals surface area contributed by atoms with Crippen LogP contribution < -0.4 is 0 Å². The van der Waals surface area contributed by atoms with Crippen LogP contribution in [0.3, 0.4) is 0 Å². The zero-order valence-corrected chi connectivity index (χ0v) is 12.7. The standard InChI is InChI=1S/C17H18O2S/c1-12(10-16(18)19)8-9-13-11-17(2,3)20-15-7-5-4-6-14(13)15/h4-11H,1-3H3,(H,18,19). The zero-order valence-electron chi connectivity index (χ0n) is 11.9. The number of aliphatic carboxylic acids is 1. The van der Waals surface area contributed by atoms with Gasteiger partial charge in [0.1, 0.15) is 0 Å². The minimum atomic E-state index is -0.916. The Balaban J connectivity index is 2.37. The molecule has 1 aliphatic heterocycles. The van der Waals surface area contributed by atoms with Crippen molar-refractivity contribution in [3.8, 4) is 0 Å². The molecule has 2 rings (SSSR count). The van der Waals surface area contributed by atoms with Gasteiger partial charge in [-0.3, -0.25) is 0 Å². The number of rotatable bonds is 3. The van der Waals surface area contributed by atoms with Gasteiger partial charge in [0.2, 0.25) is 0 Å². The van der Waals surface area contributed by atoms with Crippen molar-refractivity contribution in [1.82, 2.24) is 0 Å². The Morgan fingerprint density at radius 3 is 2.70 bits per heavy atom. The summed E-state index contributed by atoms with van der Waals surface area (Å²) in [5.74, 6) is -0.916. The molecule has 0 bridgehead atoms. The van der Waals surface area contributed by atoms with E-state index in [9.17, 15) is 4.79 Å². The molecule has 0 unspecified atom stereocenters. The van der Waals surface area contributed by atoms with E-state index < -0.39 is 5.97 Å².